The van der Waals surface area contributed by atoms with Crippen molar-refractivity contribution in [1.82, 2.24) is 4.98 Å². The summed E-state index contributed by atoms with van der Waals surface area (Å²) in [6.45, 7) is 0. The van der Waals surface area contributed by atoms with Crippen LogP contribution in [0.2, 0.25) is 0 Å². The van der Waals surface area contributed by atoms with Crippen LogP contribution < -0.4 is 0 Å². The van der Waals surface area contributed by atoms with Gasteiger partial charge in [-0.1, -0.05) is 48.2 Å². The lowest BCUT2D eigenvalue weighted by Crippen LogP contribution is -1.83. The van der Waals surface area contributed by atoms with E-state index in [1.807, 2.05) is 60.1 Å². The number of hydrogen-bond donors (Lipinski definition) is 0. The standard InChI is InChI=1S/C17H11NS/c1-2-6-14(7-3-1)10-11-15-8-4-5-9-16(15)17-18-12-13-19-17/h1-9,12-13H. The molecule has 3 aromatic rings. The van der Waals surface area contributed by atoms with Crippen LogP contribution in [0.1, 0.15) is 11.1 Å². The zero-order chi connectivity index (χ0) is 12.9. The van der Waals surface area contributed by atoms with Crippen molar-refractivity contribution in [2.24, 2.45) is 0 Å². The van der Waals surface area contributed by atoms with Crippen molar-refractivity contribution in [3.8, 4) is 22.4 Å². The number of thiazole rings is 1. The fourth-order valence-corrected chi connectivity index (χ4v) is 2.47. The third-order valence-electron chi connectivity index (χ3n) is 2.71. The van der Waals surface area contributed by atoms with Gasteiger partial charge in [0, 0.05) is 28.3 Å². The van der Waals surface area contributed by atoms with Gasteiger partial charge >= 0.3 is 0 Å². The maximum atomic E-state index is 4.35. The van der Waals surface area contributed by atoms with Gasteiger partial charge in [-0.2, -0.15) is 0 Å². The highest BCUT2D eigenvalue weighted by Gasteiger charge is 2.04. The van der Waals surface area contributed by atoms with Crippen LogP contribution in [-0.4, -0.2) is 4.98 Å². The molecule has 1 aromatic heterocycles. The molecule has 1 heterocycles. The van der Waals surface area contributed by atoms with Crippen molar-refractivity contribution in [3.05, 3.63) is 77.3 Å². The predicted octanol–water partition coefficient (Wildman–Crippen LogP) is 4.21. The van der Waals surface area contributed by atoms with Gasteiger partial charge in [0.15, 0.2) is 0 Å². The molecule has 19 heavy (non-hydrogen) atoms. The van der Waals surface area contributed by atoms with Crippen molar-refractivity contribution in [1.29, 1.82) is 0 Å². The van der Waals surface area contributed by atoms with E-state index in [0.717, 1.165) is 21.7 Å². The van der Waals surface area contributed by atoms with E-state index in [-0.39, 0.29) is 0 Å². The molecule has 0 saturated carbocycles. The zero-order valence-corrected chi connectivity index (χ0v) is 11.0. The smallest absolute Gasteiger partial charge is 0.124 e. The molecule has 2 heteroatoms. The Morgan fingerprint density at radius 2 is 1.63 bits per heavy atom. The Labute approximate surface area is 116 Å². The molecule has 0 aliphatic carbocycles. The molecule has 1 nitrogen and oxygen atoms in total. The molecule has 3 rings (SSSR count). The van der Waals surface area contributed by atoms with Gasteiger partial charge in [-0.15, -0.1) is 11.3 Å². The molecule has 0 fully saturated rings. The Hall–Kier alpha value is -2.37. The summed E-state index contributed by atoms with van der Waals surface area (Å²) in [5, 5.41) is 2.99. The Morgan fingerprint density at radius 1 is 0.842 bits per heavy atom. The fourth-order valence-electron chi connectivity index (χ4n) is 1.80. The van der Waals surface area contributed by atoms with Crippen molar-refractivity contribution in [2.45, 2.75) is 0 Å². The van der Waals surface area contributed by atoms with Crippen LogP contribution in [0.25, 0.3) is 10.6 Å². The number of benzene rings is 2. The van der Waals surface area contributed by atoms with E-state index in [2.05, 4.69) is 22.9 Å². The number of rotatable bonds is 1. The van der Waals surface area contributed by atoms with Crippen LogP contribution >= 0.6 is 11.3 Å². The number of nitrogens with zero attached hydrogens (tertiary/aromatic N) is 1. The summed E-state index contributed by atoms with van der Waals surface area (Å²) in [5.74, 6) is 6.42. The minimum absolute atomic E-state index is 1.01. The lowest BCUT2D eigenvalue weighted by Gasteiger charge is -1.99. The van der Waals surface area contributed by atoms with Crippen molar-refractivity contribution in [3.63, 3.8) is 0 Å². The largest absolute Gasteiger partial charge is 0.245 e. The lowest BCUT2D eigenvalue weighted by molar-refractivity contribution is 1.41. The van der Waals surface area contributed by atoms with E-state index in [1.54, 1.807) is 11.3 Å². The molecular formula is C17H11NS. The maximum Gasteiger partial charge on any atom is 0.124 e. The average Bonchev–Trinajstić information content (AvgIpc) is 3.01. The molecule has 90 valence electrons. The molecule has 0 bridgehead atoms. The predicted molar refractivity (Wildman–Crippen MR) is 80.0 cm³/mol. The van der Waals surface area contributed by atoms with Crippen LogP contribution in [0.5, 0.6) is 0 Å². The van der Waals surface area contributed by atoms with Crippen molar-refractivity contribution >= 4 is 11.3 Å². The van der Waals surface area contributed by atoms with Gasteiger partial charge in [0.2, 0.25) is 0 Å². The second kappa shape index (κ2) is 5.51. The Kier molecular flexibility index (Phi) is 3.40. The fraction of sp³-hybridized carbons (Fsp3) is 0. The maximum absolute atomic E-state index is 4.35. The molecule has 0 spiro atoms. The van der Waals surface area contributed by atoms with Crippen LogP contribution in [0.4, 0.5) is 0 Å². The summed E-state index contributed by atoms with van der Waals surface area (Å²) < 4.78 is 0. The Bertz CT molecular complexity index is 719. The highest BCUT2D eigenvalue weighted by molar-refractivity contribution is 7.13. The van der Waals surface area contributed by atoms with Gasteiger partial charge in [-0.05, 0) is 18.2 Å². The van der Waals surface area contributed by atoms with Gasteiger partial charge in [0.1, 0.15) is 5.01 Å². The highest BCUT2D eigenvalue weighted by Crippen LogP contribution is 2.24. The SMILES string of the molecule is C(#Cc1ccccc1-c1nccs1)c1ccccc1. The first-order chi connectivity index (χ1) is 9.43. The Balaban J connectivity index is 2.01. The second-order valence-corrected chi connectivity index (χ2v) is 4.89. The van der Waals surface area contributed by atoms with Crippen LogP contribution in [0.3, 0.4) is 0 Å². The molecule has 0 amide bonds. The van der Waals surface area contributed by atoms with E-state index in [1.165, 1.54) is 0 Å². The summed E-state index contributed by atoms with van der Waals surface area (Å²) in [7, 11) is 0. The van der Waals surface area contributed by atoms with E-state index in [0.29, 0.717) is 0 Å². The highest BCUT2D eigenvalue weighted by atomic mass is 32.1. The molecule has 0 N–H and O–H groups in total. The molecule has 0 aliphatic heterocycles. The van der Waals surface area contributed by atoms with Gasteiger partial charge in [-0.25, -0.2) is 4.98 Å². The van der Waals surface area contributed by atoms with Crippen LogP contribution in [0.15, 0.2) is 66.2 Å². The minimum atomic E-state index is 1.01. The monoisotopic (exact) mass is 261 g/mol. The summed E-state index contributed by atoms with van der Waals surface area (Å²) >= 11 is 1.63. The zero-order valence-electron chi connectivity index (χ0n) is 10.2. The molecule has 0 unspecified atom stereocenters. The summed E-state index contributed by atoms with van der Waals surface area (Å²) in [4.78, 5) is 4.35. The summed E-state index contributed by atoms with van der Waals surface area (Å²) in [5.41, 5.74) is 3.14. The van der Waals surface area contributed by atoms with Crippen molar-refractivity contribution < 1.29 is 0 Å². The average molecular weight is 261 g/mol. The first-order valence-corrected chi connectivity index (χ1v) is 6.87. The van der Waals surface area contributed by atoms with Crippen LogP contribution in [-0.2, 0) is 0 Å². The third-order valence-corrected chi connectivity index (χ3v) is 3.51. The van der Waals surface area contributed by atoms with Gasteiger partial charge in [0.05, 0.1) is 0 Å². The molecule has 0 saturated heterocycles. The minimum Gasteiger partial charge on any atom is -0.245 e. The molecule has 2 aromatic carbocycles. The molecule has 0 atom stereocenters. The normalized spacial score (nSPS) is 9.68. The van der Waals surface area contributed by atoms with E-state index < -0.39 is 0 Å². The number of hydrogen-bond acceptors (Lipinski definition) is 2. The number of aromatic nitrogens is 1. The first kappa shape index (κ1) is 11.7. The molecule has 0 radical (unpaired) electrons. The molecular weight excluding hydrogens is 250 g/mol. The lowest BCUT2D eigenvalue weighted by atomic mass is 10.1. The van der Waals surface area contributed by atoms with E-state index in [4.69, 9.17) is 0 Å². The van der Waals surface area contributed by atoms with Crippen molar-refractivity contribution in [2.75, 3.05) is 0 Å². The van der Waals surface area contributed by atoms with E-state index >= 15 is 0 Å². The first-order valence-electron chi connectivity index (χ1n) is 5.99. The summed E-state index contributed by atoms with van der Waals surface area (Å²) in [6.07, 6.45) is 1.82. The van der Waals surface area contributed by atoms with Gasteiger partial charge < -0.3 is 0 Å². The van der Waals surface area contributed by atoms with Gasteiger partial charge in [0.25, 0.3) is 0 Å². The second-order valence-electron chi connectivity index (χ2n) is 4.00. The van der Waals surface area contributed by atoms with Gasteiger partial charge in [-0.3, -0.25) is 0 Å². The molecule has 0 aliphatic rings. The topological polar surface area (TPSA) is 12.9 Å². The third kappa shape index (κ3) is 2.73. The quantitative estimate of drug-likeness (QED) is 0.598. The Morgan fingerprint density at radius 3 is 2.42 bits per heavy atom. The van der Waals surface area contributed by atoms with Crippen LogP contribution in [0, 0.1) is 11.8 Å². The van der Waals surface area contributed by atoms with E-state index in [9.17, 15) is 0 Å². The summed E-state index contributed by atoms with van der Waals surface area (Å²) in [6, 6.07) is 18.1.